The summed E-state index contributed by atoms with van der Waals surface area (Å²) < 4.78 is 4.54. The van der Waals surface area contributed by atoms with Crippen LogP contribution in [0.4, 0.5) is 0 Å². The molecule has 4 atom stereocenters. The second kappa shape index (κ2) is 6.61. The summed E-state index contributed by atoms with van der Waals surface area (Å²) in [4.78, 5) is 23.0. The van der Waals surface area contributed by atoms with Crippen LogP contribution in [0, 0.1) is 17.8 Å². The van der Waals surface area contributed by atoms with Gasteiger partial charge in [-0.25, -0.2) is 0 Å². The van der Waals surface area contributed by atoms with Crippen LogP contribution in [-0.2, 0) is 14.3 Å². The fraction of sp³-hybridized carbons (Fsp3) is 0.846. The van der Waals surface area contributed by atoms with Crippen molar-refractivity contribution in [2.24, 2.45) is 23.5 Å². The molecule has 0 aromatic rings. The Hall–Kier alpha value is -0.750. The van der Waals surface area contributed by atoms with E-state index in [4.69, 9.17) is 5.73 Å². The van der Waals surface area contributed by atoms with E-state index in [-0.39, 0.29) is 23.8 Å². The second-order valence-electron chi connectivity index (χ2n) is 5.36. The number of ether oxygens (including phenoxy) is 1. The fourth-order valence-corrected chi connectivity index (χ4v) is 3.98. The Bertz CT molecular complexity index is 349. The predicted molar refractivity (Wildman–Crippen MR) is 74.6 cm³/mol. The maximum atomic E-state index is 12.1. The number of esters is 1. The number of methoxy groups -OCH3 is 1. The minimum atomic E-state index is -0.230. The van der Waals surface area contributed by atoms with Gasteiger partial charge in [-0.1, -0.05) is 0 Å². The molecule has 0 aromatic heterocycles. The summed E-state index contributed by atoms with van der Waals surface area (Å²) in [6, 6.07) is 0.0430. The van der Waals surface area contributed by atoms with Crippen LogP contribution >= 0.6 is 11.8 Å². The first-order valence-corrected chi connectivity index (χ1v) is 7.96. The summed E-state index contributed by atoms with van der Waals surface area (Å²) >= 11 is 1.47. The summed E-state index contributed by atoms with van der Waals surface area (Å²) in [7, 11) is 1.38. The van der Waals surface area contributed by atoms with Crippen LogP contribution in [0.3, 0.4) is 0 Å². The van der Waals surface area contributed by atoms with Crippen molar-refractivity contribution in [1.82, 2.24) is 5.32 Å². The summed E-state index contributed by atoms with van der Waals surface area (Å²) in [5, 5.41) is 2.94. The van der Waals surface area contributed by atoms with Crippen molar-refractivity contribution in [2.45, 2.75) is 25.3 Å². The lowest BCUT2D eigenvalue weighted by Crippen LogP contribution is -2.45. The van der Waals surface area contributed by atoms with Gasteiger partial charge in [0.25, 0.3) is 0 Å². The lowest BCUT2D eigenvalue weighted by molar-refractivity contribution is -0.137. The molecule has 108 valence electrons. The molecule has 0 saturated heterocycles. The zero-order valence-electron chi connectivity index (χ0n) is 11.3. The minimum absolute atomic E-state index is 0.00403. The number of amides is 1. The van der Waals surface area contributed by atoms with Crippen molar-refractivity contribution in [3.05, 3.63) is 0 Å². The molecule has 2 bridgehead atoms. The molecule has 4 unspecified atom stereocenters. The van der Waals surface area contributed by atoms with E-state index in [0.717, 1.165) is 18.6 Å². The van der Waals surface area contributed by atoms with Crippen LogP contribution in [-0.4, -0.2) is 43.1 Å². The zero-order chi connectivity index (χ0) is 13.8. The Balaban J connectivity index is 1.64. The average molecular weight is 286 g/mol. The number of nitrogens with two attached hydrogens (primary N) is 1. The number of nitrogens with one attached hydrogen (secondary N) is 1. The summed E-state index contributed by atoms with van der Waals surface area (Å²) in [5.74, 6) is 1.96. The van der Waals surface area contributed by atoms with E-state index in [0.29, 0.717) is 24.1 Å². The largest absolute Gasteiger partial charge is 0.468 e. The third-order valence-electron chi connectivity index (χ3n) is 4.28. The van der Waals surface area contributed by atoms with Crippen LogP contribution in [0.15, 0.2) is 0 Å². The van der Waals surface area contributed by atoms with Crippen LogP contribution in [0.1, 0.15) is 19.3 Å². The first-order valence-electron chi connectivity index (χ1n) is 6.81. The number of hydrogen-bond acceptors (Lipinski definition) is 5. The highest BCUT2D eigenvalue weighted by molar-refractivity contribution is 7.99. The Labute approximate surface area is 118 Å². The molecule has 2 aliphatic rings. The number of carbonyl (C=O) groups excluding carboxylic acids is 2. The van der Waals surface area contributed by atoms with Crippen LogP contribution < -0.4 is 11.1 Å². The number of hydrogen-bond donors (Lipinski definition) is 2. The van der Waals surface area contributed by atoms with Gasteiger partial charge in [0, 0.05) is 18.3 Å². The SMILES string of the molecule is COC(=O)CSCCNC(=O)C1C2CCC(C2)C1N. The van der Waals surface area contributed by atoms with E-state index >= 15 is 0 Å². The van der Waals surface area contributed by atoms with Crippen LogP contribution in [0.2, 0.25) is 0 Å². The average Bonchev–Trinajstić information content (AvgIpc) is 2.98. The molecule has 5 nitrogen and oxygen atoms in total. The third-order valence-corrected chi connectivity index (χ3v) is 5.21. The van der Waals surface area contributed by atoms with Gasteiger partial charge in [-0.15, -0.1) is 11.8 Å². The van der Waals surface area contributed by atoms with Gasteiger partial charge in [0.2, 0.25) is 5.91 Å². The molecule has 3 N–H and O–H groups in total. The molecular formula is C13H22N2O3S. The molecule has 2 rings (SSSR count). The molecule has 0 spiro atoms. The third kappa shape index (κ3) is 3.42. The predicted octanol–water partition coefficient (Wildman–Crippen LogP) is 0.382. The zero-order valence-corrected chi connectivity index (χ0v) is 12.1. The van der Waals surface area contributed by atoms with E-state index in [1.54, 1.807) is 0 Å². The molecule has 6 heteroatoms. The van der Waals surface area contributed by atoms with Crippen molar-refractivity contribution in [2.75, 3.05) is 25.2 Å². The fourth-order valence-electron chi connectivity index (χ4n) is 3.30. The highest BCUT2D eigenvalue weighted by Crippen LogP contribution is 2.47. The molecule has 0 radical (unpaired) electrons. The Kier molecular flexibility index (Phi) is 5.10. The van der Waals surface area contributed by atoms with Gasteiger partial charge in [0.15, 0.2) is 0 Å². The lowest BCUT2D eigenvalue weighted by atomic mass is 9.84. The van der Waals surface area contributed by atoms with E-state index < -0.39 is 0 Å². The standard InChI is InChI=1S/C13H22N2O3S/c1-18-10(16)7-19-5-4-15-13(17)11-8-2-3-9(6-8)12(11)14/h8-9,11-12H,2-7,14H2,1H3,(H,15,17). The van der Waals surface area contributed by atoms with Gasteiger partial charge in [0.05, 0.1) is 18.8 Å². The molecule has 0 aromatic carbocycles. The summed E-state index contributed by atoms with van der Waals surface area (Å²) in [6.45, 7) is 0.584. The van der Waals surface area contributed by atoms with Crippen molar-refractivity contribution < 1.29 is 14.3 Å². The first kappa shape index (κ1) is 14.7. The highest BCUT2D eigenvalue weighted by atomic mass is 32.2. The summed E-state index contributed by atoms with van der Waals surface area (Å²) in [5.41, 5.74) is 6.13. The van der Waals surface area contributed by atoms with E-state index in [1.807, 2.05) is 0 Å². The molecule has 2 aliphatic carbocycles. The first-order chi connectivity index (χ1) is 9.13. The van der Waals surface area contributed by atoms with Crippen molar-refractivity contribution in [3.63, 3.8) is 0 Å². The van der Waals surface area contributed by atoms with Crippen molar-refractivity contribution in [1.29, 1.82) is 0 Å². The maximum Gasteiger partial charge on any atom is 0.315 e. The van der Waals surface area contributed by atoms with Gasteiger partial charge >= 0.3 is 5.97 Å². The molecular weight excluding hydrogens is 264 g/mol. The molecule has 0 heterocycles. The molecule has 0 aliphatic heterocycles. The Morgan fingerprint density at radius 1 is 1.37 bits per heavy atom. The number of fused-ring (bicyclic) bond motifs is 2. The molecule has 1 amide bonds. The van der Waals surface area contributed by atoms with Crippen LogP contribution in [0.5, 0.6) is 0 Å². The number of thioether (sulfide) groups is 1. The van der Waals surface area contributed by atoms with Gasteiger partial charge < -0.3 is 15.8 Å². The van der Waals surface area contributed by atoms with E-state index in [1.165, 1.54) is 25.3 Å². The Morgan fingerprint density at radius 2 is 2.11 bits per heavy atom. The maximum absolute atomic E-state index is 12.1. The molecule has 2 saturated carbocycles. The lowest BCUT2D eigenvalue weighted by Gasteiger charge is -2.26. The monoisotopic (exact) mass is 286 g/mol. The number of rotatable bonds is 6. The van der Waals surface area contributed by atoms with Gasteiger partial charge in [-0.2, -0.15) is 0 Å². The highest BCUT2D eigenvalue weighted by Gasteiger charge is 2.48. The minimum Gasteiger partial charge on any atom is -0.468 e. The van der Waals surface area contributed by atoms with Gasteiger partial charge in [-0.3, -0.25) is 9.59 Å². The van der Waals surface area contributed by atoms with E-state index in [9.17, 15) is 9.59 Å². The van der Waals surface area contributed by atoms with Crippen molar-refractivity contribution in [3.8, 4) is 0 Å². The number of carbonyl (C=O) groups is 2. The van der Waals surface area contributed by atoms with Gasteiger partial charge in [0.1, 0.15) is 0 Å². The van der Waals surface area contributed by atoms with Crippen molar-refractivity contribution >= 4 is 23.6 Å². The quantitative estimate of drug-likeness (QED) is 0.545. The summed E-state index contributed by atoms with van der Waals surface area (Å²) in [6.07, 6.45) is 3.45. The topological polar surface area (TPSA) is 81.4 Å². The molecule has 2 fully saturated rings. The van der Waals surface area contributed by atoms with Crippen LogP contribution in [0.25, 0.3) is 0 Å². The van der Waals surface area contributed by atoms with E-state index in [2.05, 4.69) is 10.1 Å². The Morgan fingerprint density at radius 3 is 2.74 bits per heavy atom. The van der Waals surface area contributed by atoms with Gasteiger partial charge in [-0.05, 0) is 31.1 Å². The second-order valence-corrected chi connectivity index (χ2v) is 6.46. The normalized spacial score (nSPS) is 32.3. The molecule has 19 heavy (non-hydrogen) atoms. The smallest absolute Gasteiger partial charge is 0.315 e.